The molecule has 2 aromatic rings. The fourth-order valence-corrected chi connectivity index (χ4v) is 3.77. The zero-order valence-electron chi connectivity index (χ0n) is 14.1. The van der Waals surface area contributed by atoms with Gasteiger partial charge in [-0.2, -0.15) is 5.10 Å². The highest BCUT2D eigenvalue weighted by molar-refractivity contribution is 6.30. The van der Waals surface area contributed by atoms with Crippen molar-refractivity contribution in [2.45, 2.75) is 32.0 Å². The topological polar surface area (TPSA) is 45.1 Å². The van der Waals surface area contributed by atoms with Crippen LogP contribution in [-0.2, 0) is 0 Å². The van der Waals surface area contributed by atoms with Crippen molar-refractivity contribution in [1.82, 2.24) is 5.01 Å². The molecule has 2 aliphatic rings. The second kappa shape index (κ2) is 5.81. The Hall–Kier alpha value is -2.46. The first-order valence-electron chi connectivity index (χ1n) is 8.25. The summed E-state index contributed by atoms with van der Waals surface area (Å²) < 4.78 is 6.21. The van der Waals surface area contributed by atoms with Gasteiger partial charge in [-0.3, -0.25) is 0 Å². The maximum atomic E-state index is 9.85. The van der Waals surface area contributed by atoms with E-state index >= 15 is 0 Å². The van der Waals surface area contributed by atoms with Gasteiger partial charge < -0.3 is 9.84 Å². The number of hydrazone groups is 1. The molecule has 2 atom stereocenters. The Morgan fingerprint density at radius 1 is 1.32 bits per heavy atom. The van der Waals surface area contributed by atoms with Gasteiger partial charge in [0, 0.05) is 30.0 Å². The van der Waals surface area contributed by atoms with Crippen molar-refractivity contribution >= 4 is 17.3 Å². The van der Waals surface area contributed by atoms with Crippen LogP contribution in [0.4, 0.5) is 0 Å². The lowest BCUT2D eigenvalue weighted by Gasteiger charge is -2.44. The molecule has 0 bridgehead atoms. The molecule has 4 rings (SSSR count). The number of benzene rings is 2. The summed E-state index contributed by atoms with van der Waals surface area (Å²) in [4.78, 5) is 0. The predicted molar refractivity (Wildman–Crippen MR) is 99.0 cm³/mol. The Morgan fingerprint density at radius 2 is 2.08 bits per heavy atom. The molecule has 0 amide bonds. The number of allylic oxidation sites excluding steroid dienone is 1. The fraction of sp³-hybridized carbons (Fsp3) is 0.250. The van der Waals surface area contributed by atoms with E-state index < -0.39 is 5.72 Å². The number of nitrogens with zero attached hydrogens (tertiary/aromatic N) is 2. The van der Waals surface area contributed by atoms with E-state index in [0.29, 0.717) is 5.02 Å². The Balaban J connectivity index is 1.84. The number of halogens is 1. The van der Waals surface area contributed by atoms with Crippen LogP contribution >= 0.6 is 11.6 Å². The minimum atomic E-state index is -0.860. The normalized spacial score (nSPS) is 25.1. The van der Waals surface area contributed by atoms with Gasteiger partial charge >= 0.3 is 0 Å². The van der Waals surface area contributed by atoms with Crippen LogP contribution < -0.4 is 4.74 Å². The molecular weight excluding hydrogens is 336 g/mol. The van der Waals surface area contributed by atoms with Crippen molar-refractivity contribution in [3.05, 3.63) is 76.5 Å². The maximum Gasteiger partial charge on any atom is 0.218 e. The molecule has 1 N–H and O–H groups in total. The lowest BCUT2D eigenvalue weighted by atomic mass is 9.94. The number of aliphatic hydroxyl groups is 1. The first kappa shape index (κ1) is 16.0. The molecule has 0 spiro atoms. The number of fused-ring (bicyclic) bond motifs is 3. The van der Waals surface area contributed by atoms with E-state index in [-0.39, 0.29) is 11.8 Å². The van der Waals surface area contributed by atoms with E-state index in [9.17, 15) is 5.11 Å². The standard InChI is InChI=1S/C20H19ClN2O2/c1-13(24)12-20(2)23-18(16-10-15(21)8-9-19(16)25-20)11-17(22-23)14-6-4-3-5-7-14/h3-10,12,18,24H,11H2,1-2H3/b13-12-/t18-,20+/m0/s1. The molecule has 4 nitrogen and oxygen atoms in total. The molecule has 5 heteroatoms. The van der Waals surface area contributed by atoms with Crippen molar-refractivity contribution < 1.29 is 9.84 Å². The number of aliphatic hydroxyl groups excluding tert-OH is 1. The Labute approximate surface area is 152 Å². The Morgan fingerprint density at radius 3 is 2.80 bits per heavy atom. The van der Waals surface area contributed by atoms with E-state index in [2.05, 4.69) is 12.1 Å². The molecule has 2 aromatic carbocycles. The second-order valence-corrected chi connectivity index (χ2v) is 7.04. The summed E-state index contributed by atoms with van der Waals surface area (Å²) in [6, 6.07) is 15.8. The van der Waals surface area contributed by atoms with Gasteiger partial charge in [-0.1, -0.05) is 41.9 Å². The van der Waals surface area contributed by atoms with Gasteiger partial charge in [0.15, 0.2) is 0 Å². The molecule has 2 heterocycles. The lowest BCUT2D eigenvalue weighted by Crippen LogP contribution is -2.50. The molecule has 0 saturated heterocycles. The summed E-state index contributed by atoms with van der Waals surface area (Å²) in [6.07, 6.45) is 2.45. The van der Waals surface area contributed by atoms with Crippen molar-refractivity contribution in [3.63, 3.8) is 0 Å². The van der Waals surface area contributed by atoms with Gasteiger partial charge in [0.2, 0.25) is 5.72 Å². The average Bonchev–Trinajstić information content (AvgIpc) is 3.03. The Bertz CT molecular complexity index is 875. The fourth-order valence-electron chi connectivity index (χ4n) is 3.59. The quantitative estimate of drug-likeness (QED) is 0.766. The third-order valence-corrected chi connectivity index (χ3v) is 4.83. The predicted octanol–water partition coefficient (Wildman–Crippen LogP) is 5.06. The van der Waals surface area contributed by atoms with Gasteiger partial charge in [0.1, 0.15) is 5.75 Å². The summed E-state index contributed by atoms with van der Waals surface area (Å²) >= 11 is 6.21. The van der Waals surface area contributed by atoms with Crippen LogP contribution in [0.3, 0.4) is 0 Å². The summed E-state index contributed by atoms with van der Waals surface area (Å²) in [6.45, 7) is 3.55. The first-order chi connectivity index (χ1) is 12.0. The zero-order valence-corrected chi connectivity index (χ0v) is 14.9. The Kier molecular flexibility index (Phi) is 3.73. The monoisotopic (exact) mass is 354 g/mol. The van der Waals surface area contributed by atoms with E-state index in [4.69, 9.17) is 21.4 Å². The number of rotatable bonds is 2. The van der Waals surface area contributed by atoms with Gasteiger partial charge in [0.25, 0.3) is 0 Å². The summed E-state index contributed by atoms with van der Waals surface area (Å²) in [5.41, 5.74) is 2.24. The lowest BCUT2D eigenvalue weighted by molar-refractivity contribution is -0.0697. The third-order valence-electron chi connectivity index (χ3n) is 4.60. The molecule has 128 valence electrons. The van der Waals surface area contributed by atoms with Gasteiger partial charge in [-0.15, -0.1) is 0 Å². The molecular formula is C20H19ClN2O2. The van der Waals surface area contributed by atoms with Gasteiger partial charge in [0.05, 0.1) is 17.5 Å². The molecule has 0 fully saturated rings. The number of hydrogen-bond donors (Lipinski definition) is 1. The van der Waals surface area contributed by atoms with Crippen molar-refractivity contribution in [2.75, 3.05) is 0 Å². The molecule has 0 aromatic heterocycles. The van der Waals surface area contributed by atoms with Crippen LogP contribution in [0.2, 0.25) is 5.02 Å². The number of hydrogen-bond acceptors (Lipinski definition) is 4. The summed E-state index contributed by atoms with van der Waals surface area (Å²) in [7, 11) is 0. The highest BCUT2D eigenvalue weighted by atomic mass is 35.5. The van der Waals surface area contributed by atoms with E-state index in [1.54, 1.807) is 13.0 Å². The molecule has 0 saturated carbocycles. The molecule has 0 aliphatic carbocycles. The van der Waals surface area contributed by atoms with Crippen LogP contribution in [0.25, 0.3) is 0 Å². The van der Waals surface area contributed by atoms with Crippen LogP contribution in [0, 0.1) is 0 Å². The molecule has 25 heavy (non-hydrogen) atoms. The second-order valence-electron chi connectivity index (χ2n) is 6.60. The largest absolute Gasteiger partial charge is 0.513 e. The maximum absolute atomic E-state index is 9.85. The van der Waals surface area contributed by atoms with Gasteiger partial charge in [-0.05, 0) is 30.7 Å². The molecule has 0 unspecified atom stereocenters. The first-order valence-corrected chi connectivity index (χ1v) is 8.63. The van der Waals surface area contributed by atoms with Gasteiger partial charge in [-0.25, -0.2) is 5.01 Å². The SMILES string of the molecule is C/C(O)=C/[C@@]1(C)Oc2ccc(Cl)cc2[C@@H]2CC(c3ccccc3)=NN21. The minimum Gasteiger partial charge on any atom is -0.513 e. The zero-order chi connectivity index (χ0) is 17.6. The molecule has 2 aliphatic heterocycles. The third kappa shape index (κ3) is 2.76. The van der Waals surface area contributed by atoms with E-state index in [0.717, 1.165) is 29.0 Å². The number of ether oxygens (including phenoxy) is 1. The van der Waals surface area contributed by atoms with Crippen LogP contribution in [0.5, 0.6) is 5.75 Å². The van der Waals surface area contributed by atoms with E-state index in [1.165, 1.54) is 0 Å². The van der Waals surface area contributed by atoms with Crippen LogP contribution in [0.1, 0.15) is 37.4 Å². The molecule has 0 radical (unpaired) electrons. The van der Waals surface area contributed by atoms with Crippen LogP contribution in [-0.4, -0.2) is 21.6 Å². The smallest absolute Gasteiger partial charge is 0.218 e. The highest BCUT2D eigenvalue weighted by Crippen LogP contribution is 2.48. The van der Waals surface area contributed by atoms with Crippen LogP contribution in [0.15, 0.2) is 65.5 Å². The highest BCUT2D eigenvalue weighted by Gasteiger charge is 2.46. The van der Waals surface area contributed by atoms with Crippen molar-refractivity contribution in [1.29, 1.82) is 0 Å². The summed E-state index contributed by atoms with van der Waals surface area (Å²) in [5, 5.41) is 17.3. The van der Waals surface area contributed by atoms with E-state index in [1.807, 2.05) is 48.3 Å². The summed E-state index contributed by atoms with van der Waals surface area (Å²) in [5.74, 6) is 0.970. The van der Waals surface area contributed by atoms with Crippen molar-refractivity contribution in [3.8, 4) is 5.75 Å². The average molecular weight is 355 g/mol. The van der Waals surface area contributed by atoms with Crippen molar-refractivity contribution in [2.24, 2.45) is 5.10 Å². The minimum absolute atomic E-state index is 0.0123.